The Morgan fingerprint density at radius 2 is 1.67 bits per heavy atom. The number of halogens is 1. The van der Waals surface area contributed by atoms with Crippen LogP contribution < -0.4 is 10.6 Å². The van der Waals surface area contributed by atoms with Crippen LogP contribution in [0.5, 0.6) is 0 Å². The highest BCUT2D eigenvalue weighted by molar-refractivity contribution is 6.30. The molecule has 30 heavy (non-hydrogen) atoms. The molecule has 1 aliphatic heterocycles. The molecule has 1 heterocycles. The minimum atomic E-state index is -0.171. The number of rotatable bonds is 6. The number of amides is 3. The molecular formula is C22H25ClN4O3. The fourth-order valence-electron chi connectivity index (χ4n) is 3.29. The zero-order chi connectivity index (χ0) is 21.5. The van der Waals surface area contributed by atoms with Crippen molar-refractivity contribution in [1.82, 2.24) is 15.1 Å². The molecule has 0 aromatic heterocycles. The lowest BCUT2D eigenvalue weighted by Crippen LogP contribution is -2.50. The van der Waals surface area contributed by atoms with Crippen LogP contribution in [0.1, 0.15) is 27.6 Å². The summed E-state index contributed by atoms with van der Waals surface area (Å²) in [7, 11) is 0. The van der Waals surface area contributed by atoms with Crippen molar-refractivity contribution in [3.05, 3.63) is 64.7 Å². The Morgan fingerprint density at radius 3 is 2.33 bits per heavy atom. The molecule has 0 radical (unpaired) electrons. The molecule has 158 valence electrons. The van der Waals surface area contributed by atoms with E-state index in [2.05, 4.69) is 10.6 Å². The van der Waals surface area contributed by atoms with Crippen molar-refractivity contribution in [2.24, 2.45) is 0 Å². The maximum Gasteiger partial charge on any atom is 0.253 e. The molecular weight excluding hydrogens is 404 g/mol. The van der Waals surface area contributed by atoms with Gasteiger partial charge in [-0.1, -0.05) is 17.7 Å². The summed E-state index contributed by atoms with van der Waals surface area (Å²) in [6.45, 7) is 4.98. The molecule has 0 unspecified atom stereocenters. The summed E-state index contributed by atoms with van der Waals surface area (Å²) in [5.74, 6) is -0.353. The second-order valence-electron chi connectivity index (χ2n) is 7.06. The van der Waals surface area contributed by atoms with Gasteiger partial charge in [0.1, 0.15) is 0 Å². The molecule has 2 aromatic carbocycles. The number of benzene rings is 2. The third-order valence-electron chi connectivity index (χ3n) is 4.86. The molecule has 0 spiro atoms. The molecule has 0 saturated carbocycles. The third kappa shape index (κ3) is 5.81. The number of hydrogen-bond donors (Lipinski definition) is 2. The van der Waals surface area contributed by atoms with E-state index in [0.717, 1.165) is 0 Å². The maximum absolute atomic E-state index is 12.6. The summed E-state index contributed by atoms with van der Waals surface area (Å²) in [5.41, 5.74) is 1.70. The standard InChI is InChI=1S/C22H25ClN4O3/c1-2-24-21(29)17-4-3-5-19(14-17)25-20(28)15-26-10-12-27(13-11-26)22(30)16-6-8-18(23)9-7-16/h3-9,14H,2,10-13,15H2,1H3,(H,24,29)(H,25,28). The fraction of sp³-hybridized carbons (Fsp3) is 0.318. The van der Waals surface area contributed by atoms with E-state index in [1.54, 1.807) is 53.4 Å². The second-order valence-corrected chi connectivity index (χ2v) is 7.50. The normalized spacial score (nSPS) is 14.3. The fourth-order valence-corrected chi connectivity index (χ4v) is 3.41. The number of carbonyl (C=O) groups is 3. The Kier molecular flexibility index (Phi) is 7.43. The molecule has 1 aliphatic rings. The summed E-state index contributed by atoms with van der Waals surface area (Å²) in [6, 6.07) is 13.7. The summed E-state index contributed by atoms with van der Waals surface area (Å²) >= 11 is 5.88. The molecule has 1 fully saturated rings. The lowest BCUT2D eigenvalue weighted by atomic mass is 10.1. The lowest BCUT2D eigenvalue weighted by molar-refractivity contribution is -0.117. The molecule has 8 heteroatoms. The van der Waals surface area contributed by atoms with Gasteiger partial charge in [-0.25, -0.2) is 0 Å². The first-order valence-electron chi connectivity index (χ1n) is 9.91. The first-order valence-corrected chi connectivity index (χ1v) is 10.3. The van der Waals surface area contributed by atoms with E-state index in [1.807, 2.05) is 11.8 Å². The van der Waals surface area contributed by atoms with Crippen molar-refractivity contribution in [3.63, 3.8) is 0 Å². The van der Waals surface area contributed by atoms with E-state index in [-0.39, 0.29) is 24.3 Å². The van der Waals surface area contributed by atoms with Crippen molar-refractivity contribution in [2.45, 2.75) is 6.92 Å². The molecule has 3 rings (SSSR count). The summed E-state index contributed by atoms with van der Waals surface area (Å²) in [6.07, 6.45) is 0. The van der Waals surface area contributed by atoms with Crippen LogP contribution in [0.3, 0.4) is 0 Å². The third-order valence-corrected chi connectivity index (χ3v) is 5.12. The Hall–Kier alpha value is -2.90. The van der Waals surface area contributed by atoms with Gasteiger partial charge in [0.15, 0.2) is 0 Å². The van der Waals surface area contributed by atoms with Gasteiger partial charge in [-0.2, -0.15) is 0 Å². The van der Waals surface area contributed by atoms with Gasteiger partial charge in [0.2, 0.25) is 5.91 Å². The lowest BCUT2D eigenvalue weighted by Gasteiger charge is -2.34. The highest BCUT2D eigenvalue weighted by atomic mass is 35.5. The van der Waals surface area contributed by atoms with Crippen LogP contribution in [0.15, 0.2) is 48.5 Å². The SMILES string of the molecule is CCNC(=O)c1cccc(NC(=O)CN2CCN(C(=O)c3ccc(Cl)cc3)CC2)c1. The summed E-state index contributed by atoms with van der Waals surface area (Å²) < 4.78 is 0. The van der Waals surface area contributed by atoms with Crippen molar-refractivity contribution >= 4 is 35.0 Å². The van der Waals surface area contributed by atoms with Gasteiger partial charge in [0, 0.05) is 54.6 Å². The molecule has 2 aromatic rings. The number of nitrogens with one attached hydrogen (secondary N) is 2. The van der Waals surface area contributed by atoms with Gasteiger partial charge in [-0.3, -0.25) is 19.3 Å². The van der Waals surface area contributed by atoms with E-state index in [4.69, 9.17) is 11.6 Å². The number of piperazine rings is 1. The average molecular weight is 429 g/mol. The zero-order valence-electron chi connectivity index (χ0n) is 16.9. The van der Waals surface area contributed by atoms with Crippen molar-refractivity contribution in [2.75, 3.05) is 44.6 Å². The highest BCUT2D eigenvalue weighted by Gasteiger charge is 2.23. The van der Waals surface area contributed by atoms with Crippen molar-refractivity contribution in [1.29, 1.82) is 0 Å². The Bertz CT molecular complexity index is 909. The number of hydrogen-bond acceptors (Lipinski definition) is 4. The Labute approximate surface area is 181 Å². The van der Waals surface area contributed by atoms with Gasteiger partial charge < -0.3 is 15.5 Å². The average Bonchev–Trinajstić information content (AvgIpc) is 2.74. The monoisotopic (exact) mass is 428 g/mol. The minimum absolute atomic E-state index is 0.0297. The molecule has 0 aliphatic carbocycles. The Balaban J connectivity index is 1.48. The van der Waals surface area contributed by atoms with Crippen LogP contribution in [0.4, 0.5) is 5.69 Å². The quantitative estimate of drug-likeness (QED) is 0.740. The predicted molar refractivity (Wildman–Crippen MR) is 117 cm³/mol. The number of nitrogens with zero attached hydrogens (tertiary/aromatic N) is 2. The van der Waals surface area contributed by atoms with Crippen LogP contribution in [0.25, 0.3) is 0 Å². The van der Waals surface area contributed by atoms with Crippen LogP contribution in [0.2, 0.25) is 5.02 Å². The van der Waals surface area contributed by atoms with Crippen LogP contribution in [-0.2, 0) is 4.79 Å². The van der Waals surface area contributed by atoms with E-state index >= 15 is 0 Å². The number of anilines is 1. The van der Waals surface area contributed by atoms with Gasteiger partial charge >= 0.3 is 0 Å². The van der Waals surface area contributed by atoms with E-state index in [9.17, 15) is 14.4 Å². The first kappa shape index (κ1) is 21.8. The Morgan fingerprint density at radius 1 is 0.967 bits per heavy atom. The van der Waals surface area contributed by atoms with Crippen LogP contribution in [-0.4, -0.2) is 66.8 Å². The van der Waals surface area contributed by atoms with Crippen LogP contribution >= 0.6 is 11.6 Å². The van der Waals surface area contributed by atoms with Crippen LogP contribution in [0, 0.1) is 0 Å². The summed E-state index contributed by atoms with van der Waals surface area (Å²) in [5, 5.41) is 6.17. The first-order chi connectivity index (χ1) is 14.5. The molecule has 0 atom stereocenters. The molecule has 0 bridgehead atoms. The molecule has 7 nitrogen and oxygen atoms in total. The predicted octanol–water partition coefficient (Wildman–Crippen LogP) is 2.49. The maximum atomic E-state index is 12.6. The minimum Gasteiger partial charge on any atom is -0.352 e. The smallest absolute Gasteiger partial charge is 0.253 e. The van der Waals surface area contributed by atoms with Crippen molar-refractivity contribution in [3.8, 4) is 0 Å². The van der Waals surface area contributed by atoms with E-state index in [1.165, 1.54) is 0 Å². The largest absolute Gasteiger partial charge is 0.352 e. The second kappa shape index (κ2) is 10.2. The van der Waals surface area contributed by atoms with Gasteiger partial charge in [-0.05, 0) is 49.4 Å². The molecule has 1 saturated heterocycles. The van der Waals surface area contributed by atoms with Gasteiger partial charge in [-0.15, -0.1) is 0 Å². The number of carbonyl (C=O) groups excluding carboxylic acids is 3. The summed E-state index contributed by atoms with van der Waals surface area (Å²) in [4.78, 5) is 40.7. The molecule has 2 N–H and O–H groups in total. The van der Waals surface area contributed by atoms with Gasteiger partial charge in [0.05, 0.1) is 6.54 Å². The molecule has 3 amide bonds. The van der Waals surface area contributed by atoms with Gasteiger partial charge in [0.25, 0.3) is 11.8 Å². The topological polar surface area (TPSA) is 81.8 Å². The zero-order valence-corrected chi connectivity index (χ0v) is 17.6. The highest BCUT2D eigenvalue weighted by Crippen LogP contribution is 2.14. The van der Waals surface area contributed by atoms with E-state index in [0.29, 0.717) is 54.6 Å². The van der Waals surface area contributed by atoms with Crippen molar-refractivity contribution < 1.29 is 14.4 Å². The van der Waals surface area contributed by atoms with E-state index < -0.39 is 0 Å².